The summed E-state index contributed by atoms with van der Waals surface area (Å²) in [7, 11) is 1.64. The van der Waals surface area contributed by atoms with Gasteiger partial charge < -0.3 is 10.1 Å². The molecule has 0 spiro atoms. The molecular formula is C27H23N5O2S. The highest BCUT2D eigenvalue weighted by atomic mass is 32.2. The second-order valence-electron chi connectivity index (χ2n) is 7.78. The van der Waals surface area contributed by atoms with Crippen LogP contribution >= 0.6 is 11.8 Å². The number of nitrogens with one attached hydrogen (secondary N) is 1. The van der Waals surface area contributed by atoms with Crippen LogP contribution in [0.15, 0.2) is 102 Å². The number of ether oxygens (including phenoxy) is 1. The molecule has 0 bridgehead atoms. The Hall–Kier alpha value is -4.17. The van der Waals surface area contributed by atoms with Crippen molar-refractivity contribution in [3.63, 3.8) is 0 Å². The summed E-state index contributed by atoms with van der Waals surface area (Å²) < 4.78 is 7.05. The molecule has 5 aromatic rings. The van der Waals surface area contributed by atoms with Gasteiger partial charge in [-0.3, -0.25) is 4.79 Å². The zero-order valence-corrected chi connectivity index (χ0v) is 19.9. The van der Waals surface area contributed by atoms with Gasteiger partial charge in [-0.25, -0.2) is 14.6 Å². The van der Waals surface area contributed by atoms with Gasteiger partial charge in [-0.2, -0.15) is 5.10 Å². The number of carbonyl (C=O) groups is 1. The Labute approximate surface area is 207 Å². The maximum absolute atomic E-state index is 13.0. The van der Waals surface area contributed by atoms with Crippen molar-refractivity contribution >= 4 is 28.7 Å². The Morgan fingerprint density at radius 3 is 2.34 bits per heavy atom. The van der Waals surface area contributed by atoms with Gasteiger partial charge in [0.15, 0.2) is 5.65 Å². The number of benzene rings is 3. The molecule has 35 heavy (non-hydrogen) atoms. The van der Waals surface area contributed by atoms with Crippen LogP contribution in [0.2, 0.25) is 0 Å². The molecule has 5 rings (SSSR count). The van der Waals surface area contributed by atoms with Gasteiger partial charge >= 0.3 is 0 Å². The SMILES string of the molecule is COc1ccc(C(NC(=O)CSc2ncnc3c2cnn3-c2ccccc2)c2ccccc2)cc1. The number of para-hydroxylation sites is 1. The predicted octanol–water partition coefficient (Wildman–Crippen LogP) is 4.82. The fourth-order valence-electron chi connectivity index (χ4n) is 3.83. The van der Waals surface area contributed by atoms with Crippen LogP contribution in [0.1, 0.15) is 17.2 Å². The van der Waals surface area contributed by atoms with Gasteiger partial charge in [0.2, 0.25) is 5.91 Å². The molecule has 1 N–H and O–H groups in total. The van der Waals surface area contributed by atoms with Crippen LogP contribution in [0.25, 0.3) is 16.7 Å². The molecule has 3 aromatic carbocycles. The lowest BCUT2D eigenvalue weighted by Gasteiger charge is -2.20. The first-order valence-corrected chi connectivity index (χ1v) is 12.1. The van der Waals surface area contributed by atoms with E-state index in [-0.39, 0.29) is 17.7 Å². The highest BCUT2D eigenvalue weighted by Crippen LogP contribution is 2.27. The first-order chi connectivity index (χ1) is 17.2. The van der Waals surface area contributed by atoms with Crippen LogP contribution in [0.4, 0.5) is 0 Å². The summed E-state index contributed by atoms with van der Waals surface area (Å²) in [6.07, 6.45) is 3.25. The quantitative estimate of drug-likeness (QED) is 0.253. The number of hydrogen-bond donors (Lipinski definition) is 1. The molecule has 1 atom stereocenters. The lowest BCUT2D eigenvalue weighted by atomic mass is 9.98. The molecule has 8 heteroatoms. The molecule has 2 heterocycles. The molecule has 0 aliphatic heterocycles. The zero-order valence-electron chi connectivity index (χ0n) is 19.0. The number of rotatable bonds is 8. The molecule has 1 unspecified atom stereocenters. The molecule has 0 radical (unpaired) electrons. The predicted molar refractivity (Wildman–Crippen MR) is 137 cm³/mol. The van der Waals surface area contributed by atoms with Gasteiger partial charge in [0.05, 0.1) is 36.2 Å². The summed E-state index contributed by atoms with van der Waals surface area (Å²) in [5.41, 5.74) is 3.60. The van der Waals surface area contributed by atoms with Crippen molar-refractivity contribution < 1.29 is 9.53 Å². The Kier molecular flexibility index (Phi) is 6.72. The summed E-state index contributed by atoms with van der Waals surface area (Å²) in [6.45, 7) is 0. The topological polar surface area (TPSA) is 81.9 Å². The third kappa shape index (κ3) is 5.02. The van der Waals surface area contributed by atoms with Gasteiger partial charge in [-0.05, 0) is 35.4 Å². The normalized spacial score (nSPS) is 11.8. The van der Waals surface area contributed by atoms with Gasteiger partial charge in [0, 0.05) is 0 Å². The fourth-order valence-corrected chi connectivity index (χ4v) is 4.61. The highest BCUT2D eigenvalue weighted by Gasteiger charge is 2.18. The summed E-state index contributed by atoms with van der Waals surface area (Å²) in [6, 6.07) is 27.2. The van der Waals surface area contributed by atoms with Crippen LogP contribution in [0.5, 0.6) is 5.75 Å². The average molecular weight is 482 g/mol. The van der Waals surface area contributed by atoms with Crippen LogP contribution < -0.4 is 10.1 Å². The second kappa shape index (κ2) is 10.4. The first kappa shape index (κ1) is 22.6. The van der Waals surface area contributed by atoms with Gasteiger partial charge in [0.1, 0.15) is 17.1 Å². The van der Waals surface area contributed by atoms with Crippen molar-refractivity contribution in [2.45, 2.75) is 11.1 Å². The Morgan fingerprint density at radius 1 is 0.943 bits per heavy atom. The maximum atomic E-state index is 13.0. The second-order valence-corrected chi connectivity index (χ2v) is 8.75. The number of aromatic nitrogens is 4. The first-order valence-electron chi connectivity index (χ1n) is 11.1. The Balaban J connectivity index is 1.34. The molecule has 2 aromatic heterocycles. The lowest BCUT2D eigenvalue weighted by Crippen LogP contribution is -2.30. The molecule has 0 saturated carbocycles. The van der Waals surface area contributed by atoms with Crippen LogP contribution in [0.3, 0.4) is 0 Å². The van der Waals surface area contributed by atoms with Crippen LogP contribution in [-0.4, -0.2) is 38.5 Å². The number of nitrogens with zero attached hydrogens (tertiary/aromatic N) is 4. The van der Waals surface area contributed by atoms with Crippen LogP contribution in [-0.2, 0) is 4.79 Å². The molecule has 1 amide bonds. The van der Waals surface area contributed by atoms with E-state index < -0.39 is 0 Å². The molecular weight excluding hydrogens is 458 g/mol. The van der Waals surface area contributed by atoms with E-state index >= 15 is 0 Å². The van der Waals surface area contributed by atoms with Gasteiger partial charge in [0.25, 0.3) is 0 Å². The number of methoxy groups -OCH3 is 1. The Morgan fingerprint density at radius 2 is 1.63 bits per heavy atom. The van der Waals surface area contributed by atoms with E-state index in [1.807, 2.05) is 84.9 Å². The molecule has 0 aliphatic rings. The maximum Gasteiger partial charge on any atom is 0.231 e. The third-order valence-corrected chi connectivity index (χ3v) is 6.56. The molecule has 0 aliphatic carbocycles. The highest BCUT2D eigenvalue weighted by molar-refractivity contribution is 8.00. The van der Waals surface area contributed by atoms with Crippen molar-refractivity contribution in [2.75, 3.05) is 12.9 Å². The molecule has 7 nitrogen and oxygen atoms in total. The van der Waals surface area contributed by atoms with E-state index in [2.05, 4.69) is 20.4 Å². The Bertz CT molecular complexity index is 1420. The fraction of sp³-hybridized carbons (Fsp3) is 0.111. The zero-order chi connectivity index (χ0) is 24.0. The molecule has 174 valence electrons. The monoisotopic (exact) mass is 481 g/mol. The minimum absolute atomic E-state index is 0.0955. The summed E-state index contributed by atoms with van der Waals surface area (Å²) in [5, 5.41) is 9.18. The number of hydrogen-bond acceptors (Lipinski definition) is 6. The van der Waals surface area contributed by atoms with Crippen molar-refractivity contribution in [1.29, 1.82) is 0 Å². The van der Waals surface area contributed by atoms with E-state index in [1.165, 1.54) is 18.1 Å². The van der Waals surface area contributed by atoms with E-state index in [0.29, 0.717) is 10.7 Å². The van der Waals surface area contributed by atoms with E-state index in [1.54, 1.807) is 18.0 Å². The molecule has 0 saturated heterocycles. The summed E-state index contributed by atoms with van der Waals surface area (Å²) >= 11 is 1.37. The lowest BCUT2D eigenvalue weighted by molar-refractivity contribution is -0.119. The van der Waals surface area contributed by atoms with Crippen molar-refractivity contribution in [3.8, 4) is 11.4 Å². The smallest absolute Gasteiger partial charge is 0.231 e. The van der Waals surface area contributed by atoms with Gasteiger partial charge in [-0.15, -0.1) is 0 Å². The number of amides is 1. The molecule has 0 fully saturated rings. The number of thioether (sulfide) groups is 1. The van der Waals surface area contributed by atoms with Crippen molar-refractivity contribution in [1.82, 2.24) is 25.1 Å². The summed E-state index contributed by atoms with van der Waals surface area (Å²) in [4.78, 5) is 21.9. The van der Waals surface area contributed by atoms with Crippen molar-refractivity contribution in [2.24, 2.45) is 0 Å². The minimum atomic E-state index is -0.276. The van der Waals surface area contributed by atoms with Crippen molar-refractivity contribution in [3.05, 3.63) is 109 Å². The minimum Gasteiger partial charge on any atom is -0.497 e. The van der Waals surface area contributed by atoms with E-state index in [4.69, 9.17) is 4.74 Å². The van der Waals surface area contributed by atoms with Gasteiger partial charge in [-0.1, -0.05) is 72.4 Å². The largest absolute Gasteiger partial charge is 0.497 e. The number of fused-ring (bicyclic) bond motifs is 1. The number of carbonyl (C=O) groups excluding carboxylic acids is 1. The average Bonchev–Trinajstić information content (AvgIpc) is 3.36. The standard InChI is InChI=1S/C27H23N5O2S/c1-34-22-14-12-20(13-15-22)25(19-8-4-2-5-9-19)31-24(33)17-35-27-23-16-30-32(26(23)28-18-29-27)21-10-6-3-7-11-21/h2-16,18,25H,17H2,1H3,(H,31,33). The van der Waals surface area contributed by atoms with E-state index in [0.717, 1.165) is 28.0 Å². The van der Waals surface area contributed by atoms with Crippen LogP contribution in [0, 0.1) is 0 Å². The third-order valence-electron chi connectivity index (χ3n) is 5.56. The summed E-state index contributed by atoms with van der Waals surface area (Å²) in [5.74, 6) is 0.885. The van der Waals surface area contributed by atoms with E-state index in [9.17, 15) is 4.79 Å².